The van der Waals surface area contributed by atoms with Crippen LogP contribution >= 0.6 is 0 Å². The quantitative estimate of drug-likeness (QED) is 0.199. The van der Waals surface area contributed by atoms with Crippen LogP contribution in [0.1, 0.15) is 17.0 Å². The van der Waals surface area contributed by atoms with Gasteiger partial charge in [0.2, 0.25) is 11.8 Å². The Morgan fingerprint density at radius 3 is 1.75 bits per heavy atom. The van der Waals surface area contributed by atoms with E-state index < -0.39 is 47.3 Å². The van der Waals surface area contributed by atoms with E-state index in [1.807, 2.05) is 0 Å². The Balaban J connectivity index is 2.06. The number of rotatable bonds is 11. The van der Waals surface area contributed by atoms with Crippen molar-refractivity contribution in [2.24, 2.45) is 11.8 Å². The van der Waals surface area contributed by atoms with Gasteiger partial charge in [0, 0.05) is 20.1 Å². The third-order valence-electron chi connectivity index (χ3n) is 5.79. The fourth-order valence-electron chi connectivity index (χ4n) is 4.06. The number of carbonyl (C=O) groups is 4. The molecule has 9 nitrogen and oxygen atoms in total. The zero-order valence-corrected chi connectivity index (χ0v) is 20.1. The summed E-state index contributed by atoms with van der Waals surface area (Å²) in [7, 11) is 2.85. The molecule has 0 radical (unpaired) electrons. The van der Waals surface area contributed by atoms with Crippen LogP contribution < -0.4 is 0 Å². The lowest BCUT2D eigenvalue weighted by molar-refractivity contribution is -0.173. The minimum Gasteiger partial charge on any atom is -0.463 e. The van der Waals surface area contributed by atoms with Gasteiger partial charge in [-0.2, -0.15) is 0 Å². The van der Waals surface area contributed by atoms with Crippen molar-refractivity contribution in [1.82, 2.24) is 4.90 Å². The molecule has 2 amide bonds. The number of hydrogen-bond acceptors (Lipinski definition) is 8. The van der Waals surface area contributed by atoms with Gasteiger partial charge >= 0.3 is 11.9 Å². The smallest absolute Gasteiger partial charge is 0.319 e. The molecule has 1 aliphatic heterocycles. The first-order valence-corrected chi connectivity index (χ1v) is 11.3. The van der Waals surface area contributed by atoms with E-state index in [4.69, 9.17) is 18.9 Å². The first-order valence-electron chi connectivity index (χ1n) is 11.3. The Bertz CT molecular complexity index is 1020. The zero-order valence-electron chi connectivity index (χ0n) is 20.1. The summed E-state index contributed by atoms with van der Waals surface area (Å²) in [6, 6.07) is 13.6. The number of amides is 2. The number of ether oxygens (including phenoxy) is 4. The van der Waals surface area contributed by atoms with Crippen LogP contribution in [0.2, 0.25) is 0 Å². The summed E-state index contributed by atoms with van der Waals surface area (Å²) in [5.74, 6) is -8.40. The number of imide groups is 1. The fourth-order valence-corrected chi connectivity index (χ4v) is 4.06. The van der Waals surface area contributed by atoms with Gasteiger partial charge in [0.25, 0.3) is 0 Å². The van der Waals surface area contributed by atoms with E-state index in [1.165, 1.54) is 26.4 Å². The average molecular weight is 502 g/mol. The van der Waals surface area contributed by atoms with Crippen LogP contribution in [-0.4, -0.2) is 69.3 Å². The minimum atomic E-state index is -1.55. The molecule has 36 heavy (non-hydrogen) atoms. The number of benzene rings is 2. The van der Waals surface area contributed by atoms with Crippen molar-refractivity contribution in [2.45, 2.75) is 12.5 Å². The van der Waals surface area contributed by atoms with Gasteiger partial charge in [0.1, 0.15) is 30.9 Å². The highest BCUT2D eigenvalue weighted by atomic mass is 19.1. The van der Waals surface area contributed by atoms with Gasteiger partial charge in [-0.15, -0.1) is 0 Å². The minimum absolute atomic E-state index is 0.0863. The van der Waals surface area contributed by atoms with Crippen molar-refractivity contribution in [3.05, 3.63) is 71.5 Å². The number of methoxy groups -OCH3 is 2. The van der Waals surface area contributed by atoms with Gasteiger partial charge in [0.15, 0.2) is 0 Å². The Labute approximate surface area is 208 Å². The molecule has 1 unspecified atom stereocenters. The molecule has 0 saturated carbocycles. The van der Waals surface area contributed by atoms with Gasteiger partial charge in [0.05, 0.1) is 19.8 Å². The van der Waals surface area contributed by atoms with Crippen molar-refractivity contribution in [1.29, 1.82) is 0 Å². The highest BCUT2D eigenvalue weighted by molar-refractivity contribution is 6.14. The molecule has 3 atom stereocenters. The van der Waals surface area contributed by atoms with Crippen LogP contribution in [0.3, 0.4) is 0 Å². The molecule has 0 bridgehead atoms. The monoisotopic (exact) mass is 501 g/mol. The van der Waals surface area contributed by atoms with E-state index in [0.29, 0.717) is 5.56 Å². The second-order valence-corrected chi connectivity index (χ2v) is 8.10. The van der Waals surface area contributed by atoms with E-state index in [9.17, 15) is 23.6 Å². The molecule has 0 spiro atoms. The lowest BCUT2D eigenvalue weighted by Crippen LogP contribution is -2.57. The van der Waals surface area contributed by atoms with Gasteiger partial charge < -0.3 is 18.9 Å². The zero-order chi connectivity index (χ0) is 26.1. The maximum atomic E-state index is 13.7. The van der Waals surface area contributed by atoms with E-state index >= 15 is 0 Å². The van der Waals surface area contributed by atoms with Gasteiger partial charge in [-0.1, -0.05) is 42.5 Å². The highest BCUT2D eigenvalue weighted by Gasteiger charge is 2.56. The summed E-state index contributed by atoms with van der Waals surface area (Å²) in [6.07, 6.45) is 0. The third-order valence-corrected chi connectivity index (χ3v) is 5.79. The molecule has 3 rings (SSSR count). The topological polar surface area (TPSA) is 108 Å². The Morgan fingerprint density at radius 1 is 0.778 bits per heavy atom. The Morgan fingerprint density at radius 2 is 1.28 bits per heavy atom. The van der Waals surface area contributed by atoms with Gasteiger partial charge in [-0.25, -0.2) is 4.39 Å². The Kier molecular flexibility index (Phi) is 9.66. The first-order chi connectivity index (χ1) is 17.4. The van der Waals surface area contributed by atoms with Crippen molar-refractivity contribution in [3.8, 4) is 0 Å². The molecule has 1 aliphatic rings. The number of nitrogens with zero attached hydrogens (tertiary/aromatic N) is 1. The summed E-state index contributed by atoms with van der Waals surface area (Å²) >= 11 is 0. The predicted octanol–water partition coefficient (Wildman–Crippen LogP) is 2.09. The van der Waals surface area contributed by atoms with Crippen molar-refractivity contribution >= 4 is 23.8 Å². The SMILES string of the molecule is COCCOC(=O)[C@@H]1C(=O)N(Cc2ccccc2)C(=O)[C@H](C(=O)OCCOC)C1c1ccc(F)cc1. The molecular weight excluding hydrogens is 473 g/mol. The highest BCUT2D eigenvalue weighted by Crippen LogP contribution is 2.41. The van der Waals surface area contributed by atoms with Crippen LogP contribution in [-0.2, 0) is 44.7 Å². The standard InChI is InChI=1S/C26H28FNO8/c1-33-12-14-35-25(31)21-20(18-8-10-19(27)11-9-18)22(26(32)36-15-13-34-2)24(30)28(23(21)29)16-17-6-4-3-5-7-17/h3-11,20-22H,12-16H2,1-2H3/t20?,21-,22+. The molecule has 1 saturated heterocycles. The van der Waals surface area contributed by atoms with E-state index in [1.54, 1.807) is 30.3 Å². The first kappa shape index (κ1) is 27.0. The molecule has 10 heteroatoms. The second-order valence-electron chi connectivity index (χ2n) is 8.10. The maximum absolute atomic E-state index is 13.7. The van der Waals surface area contributed by atoms with Gasteiger partial charge in [-0.05, 0) is 23.3 Å². The number of halogens is 1. The Hall–Kier alpha value is -3.63. The molecule has 2 aromatic rings. The van der Waals surface area contributed by atoms with E-state index in [0.717, 1.165) is 17.0 Å². The number of esters is 2. The molecule has 192 valence electrons. The van der Waals surface area contributed by atoms with Crippen LogP contribution in [0.5, 0.6) is 0 Å². The maximum Gasteiger partial charge on any atom is 0.319 e. The lowest BCUT2D eigenvalue weighted by Gasteiger charge is -2.39. The van der Waals surface area contributed by atoms with E-state index in [-0.39, 0.29) is 38.5 Å². The predicted molar refractivity (Wildman–Crippen MR) is 124 cm³/mol. The van der Waals surface area contributed by atoms with Gasteiger partial charge in [-0.3, -0.25) is 24.1 Å². The third kappa shape index (κ3) is 6.32. The normalized spacial score (nSPS) is 19.8. The summed E-state index contributed by atoms with van der Waals surface area (Å²) in [5.41, 5.74) is 0.872. The summed E-state index contributed by atoms with van der Waals surface area (Å²) in [4.78, 5) is 54.5. The van der Waals surface area contributed by atoms with Crippen molar-refractivity contribution in [2.75, 3.05) is 40.6 Å². The van der Waals surface area contributed by atoms with E-state index in [2.05, 4.69) is 0 Å². The van der Waals surface area contributed by atoms with Crippen LogP contribution in [0.4, 0.5) is 4.39 Å². The second kappa shape index (κ2) is 12.9. The average Bonchev–Trinajstić information content (AvgIpc) is 2.87. The van der Waals surface area contributed by atoms with Crippen molar-refractivity contribution < 1.29 is 42.5 Å². The largest absolute Gasteiger partial charge is 0.463 e. The molecule has 0 aromatic heterocycles. The van der Waals surface area contributed by atoms with Crippen LogP contribution in [0.25, 0.3) is 0 Å². The van der Waals surface area contributed by atoms with Crippen LogP contribution in [0, 0.1) is 17.7 Å². The fraction of sp³-hybridized carbons (Fsp3) is 0.385. The van der Waals surface area contributed by atoms with Crippen molar-refractivity contribution in [3.63, 3.8) is 0 Å². The summed E-state index contributed by atoms with van der Waals surface area (Å²) in [6.45, 7) is -0.250. The number of piperidine rings is 1. The summed E-state index contributed by atoms with van der Waals surface area (Å²) in [5, 5.41) is 0. The molecular formula is C26H28FNO8. The molecule has 2 aromatic carbocycles. The molecule has 1 fully saturated rings. The number of hydrogen-bond donors (Lipinski definition) is 0. The molecule has 1 heterocycles. The number of likely N-dealkylation sites (tertiary alicyclic amines) is 1. The molecule has 0 aliphatic carbocycles. The van der Waals surface area contributed by atoms with Crippen LogP contribution in [0.15, 0.2) is 54.6 Å². The lowest BCUT2D eigenvalue weighted by atomic mass is 9.72. The summed E-state index contributed by atoms with van der Waals surface area (Å²) < 4.78 is 34.0. The molecule has 0 N–H and O–H groups in total. The number of carbonyl (C=O) groups excluding carboxylic acids is 4.